The highest BCUT2D eigenvalue weighted by Crippen LogP contribution is 2.20. The van der Waals surface area contributed by atoms with Crippen LogP contribution in [0.4, 0.5) is 0 Å². The minimum Gasteiger partial charge on any atom is -0.353 e. The molecule has 0 bridgehead atoms. The maximum absolute atomic E-state index is 12.0. The van der Waals surface area contributed by atoms with Crippen LogP contribution < -0.4 is 5.32 Å². The number of hydrogen-bond acceptors (Lipinski definition) is 1. The summed E-state index contributed by atoms with van der Waals surface area (Å²) in [7, 11) is 0. The Kier molecular flexibility index (Phi) is 3.60. The van der Waals surface area contributed by atoms with E-state index < -0.39 is 0 Å². The number of amides is 1. The molecule has 16 heavy (non-hydrogen) atoms. The summed E-state index contributed by atoms with van der Waals surface area (Å²) in [4.78, 5) is 12.0. The van der Waals surface area contributed by atoms with Gasteiger partial charge in [0, 0.05) is 6.04 Å². The van der Waals surface area contributed by atoms with Gasteiger partial charge < -0.3 is 5.32 Å². The Hall–Kier alpha value is -1.31. The molecule has 1 unspecified atom stereocenters. The molecule has 0 aliphatic heterocycles. The third-order valence-electron chi connectivity index (χ3n) is 3.39. The number of carbonyl (C=O) groups is 1. The van der Waals surface area contributed by atoms with Crippen molar-refractivity contribution in [1.82, 2.24) is 5.32 Å². The molecule has 1 saturated carbocycles. The van der Waals surface area contributed by atoms with Crippen LogP contribution in [0.2, 0.25) is 0 Å². The highest BCUT2D eigenvalue weighted by Gasteiger charge is 2.21. The third-order valence-corrected chi connectivity index (χ3v) is 3.39. The first-order valence-corrected chi connectivity index (χ1v) is 6.12. The van der Waals surface area contributed by atoms with Crippen molar-refractivity contribution in [2.75, 3.05) is 0 Å². The molecule has 2 heteroatoms. The van der Waals surface area contributed by atoms with E-state index in [1.165, 1.54) is 12.8 Å². The Morgan fingerprint density at radius 2 is 1.88 bits per heavy atom. The van der Waals surface area contributed by atoms with Crippen LogP contribution in [-0.4, -0.2) is 11.9 Å². The van der Waals surface area contributed by atoms with Crippen LogP contribution >= 0.6 is 0 Å². The van der Waals surface area contributed by atoms with Crippen LogP contribution in [0.3, 0.4) is 0 Å². The Morgan fingerprint density at radius 3 is 2.50 bits per heavy atom. The molecule has 86 valence electrons. The maximum atomic E-state index is 12.0. The average molecular weight is 217 g/mol. The second-order valence-corrected chi connectivity index (χ2v) is 4.62. The summed E-state index contributed by atoms with van der Waals surface area (Å²) in [6.45, 7) is 1.97. The van der Waals surface area contributed by atoms with Gasteiger partial charge in [-0.1, -0.05) is 43.2 Å². The van der Waals surface area contributed by atoms with E-state index in [4.69, 9.17) is 0 Å². The molecule has 0 radical (unpaired) electrons. The zero-order chi connectivity index (χ0) is 11.4. The van der Waals surface area contributed by atoms with Gasteiger partial charge in [0.1, 0.15) is 0 Å². The lowest BCUT2D eigenvalue weighted by molar-refractivity contribution is -0.122. The fourth-order valence-corrected chi connectivity index (χ4v) is 2.29. The first-order valence-electron chi connectivity index (χ1n) is 6.12. The SMILES string of the molecule is CC(C(=O)NC1CCCC1)c1ccccc1. The van der Waals surface area contributed by atoms with Crippen molar-refractivity contribution in [2.45, 2.75) is 44.6 Å². The van der Waals surface area contributed by atoms with Crippen LogP contribution in [0.5, 0.6) is 0 Å². The Morgan fingerprint density at radius 1 is 1.25 bits per heavy atom. The normalized spacial score (nSPS) is 18.3. The standard InChI is InChI=1S/C14H19NO/c1-11(12-7-3-2-4-8-12)14(16)15-13-9-5-6-10-13/h2-4,7-8,11,13H,5-6,9-10H2,1H3,(H,15,16). The zero-order valence-corrected chi connectivity index (χ0v) is 9.78. The number of nitrogens with one attached hydrogen (secondary N) is 1. The molecule has 1 atom stereocenters. The molecule has 1 amide bonds. The van der Waals surface area contributed by atoms with Crippen molar-refractivity contribution in [1.29, 1.82) is 0 Å². The fourth-order valence-electron chi connectivity index (χ4n) is 2.29. The molecule has 0 saturated heterocycles. The maximum Gasteiger partial charge on any atom is 0.227 e. The number of rotatable bonds is 3. The second kappa shape index (κ2) is 5.15. The van der Waals surface area contributed by atoms with Gasteiger partial charge in [-0.2, -0.15) is 0 Å². The van der Waals surface area contributed by atoms with E-state index in [2.05, 4.69) is 5.32 Å². The predicted molar refractivity (Wildman–Crippen MR) is 65.3 cm³/mol. The summed E-state index contributed by atoms with van der Waals surface area (Å²) < 4.78 is 0. The van der Waals surface area contributed by atoms with Crippen LogP contribution in [-0.2, 0) is 4.79 Å². The monoisotopic (exact) mass is 217 g/mol. The van der Waals surface area contributed by atoms with Crippen molar-refractivity contribution in [3.63, 3.8) is 0 Å². The molecule has 1 aliphatic carbocycles. The third kappa shape index (κ3) is 2.63. The van der Waals surface area contributed by atoms with Gasteiger partial charge in [0.15, 0.2) is 0 Å². The van der Waals surface area contributed by atoms with Gasteiger partial charge in [0.2, 0.25) is 5.91 Å². The lowest BCUT2D eigenvalue weighted by Crippen LogP contribution is -2.35. The summed E-state index contributed by atoms with van der Waals surface area (Å²) in [5, 5.41) is 3.14. The summed E-state index contributed by atoms with van der Waals surface area (Å²) in [5.41, 5.74) is 1.10. The Bertz CT molecular complexity index is 341. The quantitative estimate of drug-likeness (QED) is 0.828. The van der Waals surface area contributed by atoms with E-state index in [1.807, 2.05) is 37.3 Å². The Labute approximate surface area is 97.1 Å². The largest absolute Gasteiger partial charge is 0.353 e. The molecule has 0 aromatic heterocycles. The summed E-state index contributed by atoms with van der Waals surface area (Å²) in [5.74, 6) is 0.125. The van der Waals surface area contributed by atoms with Crippen molar-refractivity contribution in [3.05, 3.63) is 35.9 Å². The molecular weight excluding hydrogens is 198 g/mol. The van der Waals surface area contributed by atoms with Gasteiger partial charge in [0.05, 0.1) is 5.92 Å². The summed E-state index contributed by atoms with van der Waals surface area (Å²) in [6, 6.07) is 10.4. The van der Waals surface area contributed by atoms with E-state index in [9.17, 15) is 4.79 Å². The second-order valence-electron chi connectivity index (χ2n) is 4.62. The van der Waals surface area contributed by atoms with Gasteiger partial charge in [-0.25, -0.2) is 0 Å². The Balaban J connectivity index is 1.94. The smallest absolute Gasteiger partial charge is 0.227 e. The predicted octanol–water partition coefficient (Wildman–Crippen LogP) is 2.85. The number of hydrogen-bond donors (Lipinski definition) is 1. The van der Waals surface area contributed by atoms with Crippen LogP contribution in [0, 0.1) is 0 Å². The van der Waals surface area contributed by atoms with Crippen molar-refractivity contribution in [2.24, 2.45) is 0 Å². The lowest BCUT2D eigenvalue weighted by Gasteiger charge is -2.16. The van der Waals surface area contributed by atoms with Crippen LogP contribution in [0.15, 0.2) is 30.3 Å². The van der Waals surface area contributed by atoms with Gasteiger partial charge in [-0.15, -0.1) is 0 Å². The van der Waals surface area contributed by atoms with Gasteiger partial charge >= 0.3 is 0 Å². The van der Waals surface area contributed by atoms with E-state index in [1.54, 1.807) is 0 Å². The molecule has 1 N–H and O–H groups in total. The molecule has 1 aromatic carbocycles. The number of benzene rings is 1. The highest BCUT2D eigenvalue weighted by atomic mass is 16.1. The van der Waals surface area contributed by atoms with Crippen molar-refractivity contribution in [3.8, 4) is 0 Å². The minimum absolute atomic E-state index is 0.0400. The summed E-state index contributed by atoms with van der Waals surface area (Å²) in [6.07, 6.45) is 4.80. The van der Waals surface area contributed by atoms with Crippen molar-refractivity contribution < 1.29 is 4.79 Å². The minimum atomic E-state index is -0.0400. The highest BCUT2D eigenvalue weighted by molar-refractivity contribution is 5.83. The molecule has 1 aliphatic rings. The average Bonchev–Trinajstić information content (AvgIpc) is 2.82. The van der Waals surface area contributed by atoms with E-state index in [-0.39, 0.29) is 11.8 Å². The van der Waals surface area contributed by atoms with Gasteiger partial charge in [0.25, 0.3) is 0 Å². The first kappa shape index (κ1) is 11.2. The topological polar surface area (TPSA) is 29.1 Å². The van der Waals surface area contributed by atoms with E-state index in [0.29, 0.717) is 6.04 Å². The molecule has 0 heterocycles. The van der Waals surface area contributed by atoms with Crippen LogP contribution in [0.25, 0.3) is 0 Å². The van der Waals surface area contributed by atoms with E-state index in [0.717, 1.165) is 18.4 Å². The van der Waals surface area contributed by atoms with E-state index >= 15 is 0 Å². The fraction of sp³-hybridized carbons (Fsp3) is 0.500. The number of carbonyl (C=O) groups excluding carboxylic acids is 1. The van der Waals surface area contributed by atoms with Crippen LogP contribution in [0.1, 0.15) is 44.1 Å². The molecular formula is C14H19NO. The lowest BCUT2D eigenvalue weighted by atomic mass is 10.00. The molecule has 2 nitrogen and oxygen atoms in total. The molecule has 2 rings (SSSR count). The molecule has 1 aromatic rings. The zero-order valence-electron chi connectivity index (χ0n) is 9.78. The van der Waals surface area contributed by atoms with Gasteiger partial charge in [-0.05, 0) is 25.3 Å². The van der Waals surface area contributed by atoms with Gasteiger partial charge in [-0.3, -0.25) is 4.79 Å². The molecule has 1 fully saturated rings. The summed E-state index contributed by atoms with van der Waals surface area (Å²) >= 11 is 0. The molecule has 0 spiro atoms. The first-order chi connectivity index (χ1) is 7.77. The van der Waals surface area contributed by atoms with Crippen molar-refractivity contribution >= 4 is 5.91 Å².